The average molecular weight is 485 g/mol. The zero-order chi connectivity index (χ0) is 24.2. The topological polar surface area (TPSA) is 79.3 Å². The number of Topliss-reactive ketones (excluding diaryl/α,β-unsaturated/α-hetero) is 1. The zero-order valence-electron chi connectivity index (χ0n) is 19.4. The second-order valence-corrected chi connectivity index (χ2v) is 8.97. The lowest BCUT2D eigenvalue weighted by Gasteiger charge is -2.29. The number of amides is 1. The van der Waals surface area contributed by atoms with Crippen molar-refractivity contribution < 1.29 is 24.2 Å². The van der Waals surface area contributed by atoms with Crippen LogP contribution in [0.15, 0.2) is 48.0 Å². The number of ketones is 1. The van der Waals surface area contributed by atoms with Gasteiger partial charge in [0.25, 0.3) is 11.7 Å². The molecule has 7 nitrogen and oxygen atoms in total. The molecule has 0 radical (unpaired) electrons. The van der Waals surface area contributed by atoms with Gasteiger partial charge in [-0.25, -0.2) is 0 Å². The molecule has 0 unspecified atom stereocenters. The Kier molecular flexibility index (Phi) is 7.56. The van der Waals surface area contributed by atoms with Crippen LogP contribution in [0.3, 0.4) is 0 Å². The fourth-order valence-electron chi connectivity index (χ4n) is 4.57. The van der Waals surface area contributed by atoms with Crippen molar-refractivity contribution in [2.24, 2.45) is 0 Å². The molecule has 0 bridgehead atoms. The summed E-state index contributed by atoms with van der Waals surface area (Å²) in [5.41, 5.74) is 2.05. The van der Waals surface area contributed by atoms with Crippen LogP contribution >= 0.6 is 11.6 Å². The Hall–Kier alpha value is -2.87. The van der Waals surface area contributed by atoms with Gasteiger partial charge in [0.05, 0.1) is 31.9 Å². The van der Waals surface area contributed by atoms with Gasteiger partial charge in [-0.05, 0) is 54.8 Å². The lowest BCUT2D eigenvalue weighted by molar-refractivity contribution is -0.140. The van der Waals surface area contributed by atoms with Crippen molar-refractivity contribution in [3.05, 3.63) is 69.8 Å². The van der Waals surface area contributed by atoms with E-state index in [0.29, 0.717) is 42.5 Å². The lowest BCUT2D eigenvalue weighted by atomic mass is 9.94. The first-order valence-corrected chi connectivity index (χ1v) is 11.8. The zero-order valence-corrected chi connectivity index (χ0v) is 20.2. The van der Waals surface area contributed by atoms with Crippen LogP contribution < -0.4 is 4.74 Å². The van der Waals surface area contributed by atoms with E-state index in [2.05, 4.69) is 4.90 Å². The highest BCUT2D eigenvalue weighted by molar-refractivity contribution is 6.46. The van der Waals surface area contributed by atoms with E-state index in [-0.39, 0.29) is 11.3 Å². The minimum Gasteiger partial charge on any atom is -0.507 e. The Morgan fingerprint density at radius 2 is 1.82 bits per heavy atom. The summed E-state index contributed by atoms with van der Waals surface area (Å²) in [7, 11) is 1.57. The van der Waals surface area contributed by atoms with Gasteiger partial charge in [0.15, 0.2) is 0 Å². The number of ether oxygens (including phenoxy) is 2. The predicted octanol–water partition coefficient (Wildman–Crippen LogP) is 3.80. The number of rotatable bonds is 7. The number of halogens is 1. The first kappa shape index (κ1) is 24.3. The summed E-state index contributed by atoms with van der Waals surface area (Å²) >= 11 is 6.09. The first-order chi connectivity index (χ1) is 16.4. The van der Waals surface area contributed by atoms with E-state index in [1.54, 1.807) is 54.5 Å². The van der Waals surface area contributed by atoms with Crippen LogP contribution in [-0.2, 0) is 14.3 Å². The molecule has 1 amide bonds. The molecule has 1 atom stereocenters. The van der Waals surface area contributed by atoms with Gasteiger partial charge in [-0.1, -0.05) is 23.7 Å². The van der Waals surface area contributed by atoms with Gasteiger partial charge in [-0.15, -0.1) is 0 Å². The van der Waals surface area contributed by atoms with E-state index in [1.165, 1.54) is 0 Å². The summed E-state index contributed by atoms with van der Waals surface area (Å²) in [5.74, 6) is -0.824. The van der Waals surface area contributed by atoms with Crippen molar-refractivity contribution in [2.75, 3.05) is 46.5 Å². The third-order valence-corrected chi connectivity index (χ3v) is 6.64. The quantitative estimate of drug-likeness (QED) is 0.366. The molecule has 4 rings (SSSR count). The number of aryl methyl sites for hydroxylation is 1. The maximum absolute atomic E-state index is 13.2. The van der Waals surface area contributed by atoms with Crippen LogP contribution in [0, 0.1) is 6.92 Å². The van der Waals surface area contributed by atoms with Crippen molar-refractivity contribution in [3.63, 3.8) is 0 Å². The summed E-state index contributed by atoms with van der Waals surface area (Å²) in [5, 5.41) is 11.8. The average Bonchev–Trinajstić information content (AvgIpc) is 3.09. The number of morpholine rings is 1. The van der Waals surface area contributed by atoms with Crippen LogP contribution in [-0.4, -0.2) is 73.1 Å². The minimum atomic E-state index is -0.691. The predicted molar refractivity (Wildman–Crippen MR) is 130 cm³/mol. The molecule has 2 aliphatic rings. The molecule has 1 N–H and O–H groups in total. The number of carbonyl (C=O) groups is 2. The fourth-order valence-corrected chi connectivity index (χ4v) is 4.69. The van der Waals surface area contributed by atoms with Crippen molar-refractivity contribution in [3.8, 4) is 5.75 Å². The molecule has 2 aromatic carbocycles. The maximum Gasteiger partial charge on any atom is 0.295 e. The summed E-state index contributed by atoms with van der Waals surface area (Å²) in [6.45, 7) is 6.15. The van der Waals surface area contributed by atoms with Gasteiger partial charge in [0.1, 0.15) is 11.5 Å². The van der Waals surface area contributed by atoms with Gasteiger partial charge in [0, 0.05) is 36.8 Å². The summed E-state index contributed by atoms with van der Waals surface area (Å²) in [6, 6.07) is 11.6. The highest BCUT2D eigenvalue weighted by atomic mass is 35.5. The number of methoxy groups -OCH3 is 1. The van der Waals surface area contributed by atoms with E-state index in [1.807, 2.05) is 6.92 Å². The fraction of sp³-hybridized carbons (Fsp3) is 0.385. The third kappa shape index (κ3) is 4.97. The molecule has 2 aromatic rings. The number of hydrogen-bond donors (Lipinski definition) is 1. The van der Waals surface area contributed by atoms with Crippen LogP contribution in [0.2, 0.25) is 5.02 Å². The van der Waals surface area contributed by atoms with Crippen molar-refractivity contribution >= 4 is 29.1 Å². The second kappa shape index (κ2) is 10.6. The number of nitrogens with zero attached hydrogens (tertiary/aromatic N) is 2. The molecule has 0 aliphatic carbocycles. The Labute approximate surface area is 204 Å². The van der Waals surface area contributed by atoms with E-state index in [4.69, 9.17) is 21.1 Å². The largest absolute Gasteiger partial charge is 0.507 e. The second-order valence-electron chi connectivity index (χ2n) is 8.53. The Morgan fingerprint density at radius 3 is 2.47 bits per heavy atom. The third-order valence-electron chi connectivity index (χ3n) is 6.39. The number of carbonyl (C=O) groups excluding carboxylic acids is 2. The van der Waals surface area contributed by atoms with Gasteiger partial charge in [0.2, 0.25) is 0 Å². The molecule has 2 saturated heterocycles. The van der Waals surface area contributed by atoms with Crippen LogP contribution in [0.5, 0.6) is 5.75 Å². The van der Waals surface area contributed by atoms with E-state index < -0.39 is 17.7 Å². The number of benzene rings is 2. The Morgan fingerprint density at radius 1 is 1.12 bits per heavy atom. The molecule has 2 heterocycles. The van der Waals surface area contributed by atoms with E-state index in [9.17, 15) is 14.7 Å². The molecule has 0 spiro atoms. The van der Waals surface area contributed by atoms with Crippen molar-refractivity contribution in [2.45, 2.75) is 19.4 Å². The maximum atomic E-state index is 13.2. The molecule has 0 saturated carbocycles. The summed E-state index contributed by atoms with van der Waals surface area (Å²) in [4.78, 5) is 30.2. The van der Waals surface area contributed by atoms with Gasteiger partial charge >= 0.3 is 0 Å². The van der Waals surface area contributed by atoms with E-state index in [0.717, 1.165) is 30.8 Å². The SMILES string of the molecule is COc1ccc(/C(O)=C2\C(=O)C(=O)N(CCCN3CCOCC3)[C@H]2c2ccc(Cl)cc2)c(C)c1. The van der Waals surface area contributed by atoms with Gasteiger partial charge in [-0.2, -0.15) is 0 Å². The summed E-state index contributed by atoms with van der Waals surface area (Å²) in [6.07, 6.45) is 0.707. The monoisotopic (exact) mass is 484 g/mol. The molecule has 34 heavy (non-hydrogen) atoms. The number of aliphatic hydroxyl groups excluding tert-OH is 1. The standard InChI is InChI=1S/C26H29ClN2O5/c1-17-16-20(33-2)8-9-21(17)24(30)22-23(18-4-6-19(27)7-5-18)29(26(32)25(22)31)11-3-10-28-12-14-34-15-13-28/h4-9,16,23,30H,3,10-15H2,1-2H3/b24-22+/t23-/m0/s1. The normalized spacial score (nSPS) is 20.7. The smallest absolute Gasteiger partial charge is 0.295 e. The number of aliphatic hydroxyl groups is 1. The highest BCUT2D eigenvalue weighted by Gasteiger charge is 2.46. The number of likely N-dealkylation sites (tertiary alicyclic amines) is 1. The van der Waals surface area contributed by atoms with Crippen LogP contribution in [0.25, 0.3) is 5.76 Å². The van der Waals surface area contributed by atoms with Crippen molar-refractivity contribution in [1.29, 1.82) is 0 Å². The van der Waals surface area contributed by atoms with Crippen LogP contribution in [0.4, 0.5) is 0 Å². The molecule has 180 valence electrons. The molecule has 2 aliphatic heterocycles. The lowest BCUT2D eigenvalue weighted by Crippen LogP contribution is -2.38. The van der Waals surface area contributed by atoms with Crippen LogP contribution in [0.1, 0.15) is 29.2 Å². The van der Waals surface area contributed by atoms with E-state index >= 15 is 0 Å². The molecule has 0 aromatic heterocycles. The van der Waals surface area contributed by atoms with Gasteiger partial charge < -0.3 is 19.5 Å². The van der Waals surface area contributed by atoms with Gasteiger partial charge in [-0.3, -0.25) is 14.5 Å². The first-order valence-electron chi connectivity index (χ1n) is 11.4. The Bertz CT molecular complexity index is 1090. The van der Waals surface area contributed by atoms with Crippen molar-refractivity contribution in [1.82, 2.24) is 9.80 Å². The minimum absolute atomic E-state index is 0.0898. The molecule has 8 heteroatoms. The highest BCUT2D eigenvalue weighted by Crippen LogP contribution is 2.40. The number of hydrogen-bond acceptors (Lipinski definition) is 6. The molecular weight excluding hydrogens is 456 g/mol. The molecular formula is C26H29ClN2O5. The Balaban J connectivity index is 1.69. The molecule has 2 fully saturated rings. The summed E-state index contributed by atoms with van der Waals surface area (Å²) < 4.78 is 10.7.